The summed E-state index contributed by atoms with van der Waals surface area (Å²) in [7, 11) is 1.61. The SMILES string of the molecule is COc1ccc(CN=C(NC#N)N[C@H]2CCCCN(CC(=O)N3CCCC3)C2=O)cc1. The van der Waals surface area contributed by atoms with Gasteiger partial charge in [-0.2, -0.15) is 5.26 Å². The van der Waals surface area contributed by atoms with Crippen molar-refractivity contribution in [3.05, 3.63) is 29.8 Å². The number of benzene rings is 1. The standard InChI is InChI=1S/C22H30N6O3/c1-31-18-9-7-17(8-10-18)14-24-22(25-16-23)26-19-6-2-3-13-28(21(19)30)15-20(29)27-11-4-5-12-27/h7-10,19H,2-6,11-15H2,1H3,(H2,24,25,26)/t19-/m0/s1. The van der Waals surface area contributed by atoms with Crippen LogP contribution in [0, 0.1) is 11.5 Å². The molecule has 2 aliphatic rings. The van der Waals surface area contributed by atoms with Gasteiger partial charge < -0.3 is 19.9 Å². The topological polar surface area (TPSA) is 110 Å². The maximum Gasteiger partial charge on any atom is 0.245 e. The molecule has 9 heteroatoms. The number of hydrogen-bond donors (Lipinski definition) is 2. The van der Waals surface area contributed by atoms with Crippen molar-refractivity contribution >= 4 is 17.8 Å². The number of aliphatic imine (C=N–C) groups is 1. The van der Waals surface area contributed by atoms with Gasteiger partial charge in [0.25, 0.3) is 0 Å². The number of carbonyl (C=O) groups is 2. The third-order valence-corrected chi connectivity index (χ3v) is 5.63. The summed E-state index contributed by atoms with van der Waals surface area (Å²) in [5, 5.41) is 14.7. The fraction of sp³-hybridized carbons (Fsp3) is 0.545. The molecule has 0 aliphatic carbocycles. The number of nitrogens with one attached hydrogen (secondary N) is 2. The van der Waals surface area contributed by atoms with Crippen LogP contribution in [0.1, 0.15) is 37.7 Å². The third-order valence-electron chi connectivity index (χ3n) is 5.63. The molecule has 3 rings (SSSR count). The Hall–Kier alpha value is -3.28. The second-order valence-electron chi connectivity index (χ2n) is 7.79. The number of rotatable bonds is 6. The van der Waals surface area contributed by atoms with Gasteiger partial charge in [-0.15, -0.1) is 0 Å². The summed E-state index contributed by atoms with van der Waals surface area (Å²) in [5.74, 6) is 0.898. The van der Waals surface area contributed by atoms with E-state index in [2.05, 4.69) is 15.6 Å². The van der Waals surface area contributed by atoms with Gasteiger partial charge in [-0.3, -0.25) is 14.9 Å². The van der Waals surface area contributed by atoms with E-state index < -0.39 is 6.04 Å². The van der Waals surface area contributed by atoms with E-state index in [0.717, 1.165) is 50.1 Å². The zero-order chi connectivity index (χ0) is 22.1. The van der Waals surface area contributed by atoms with E-state index in [1.165, 1.54) is 0 Å². The van der Waals surface area contributed by atoms with Gasteiger partial charge in [-0.1, -0.05) is 12.1 Å². The smallest absolute Gasteiger partial charge is 0.245 e. The highest BCUT2D eigenvalue weighted by atomic mass is 16.5. The van der Waals surface area contributed by atoms with Crippen LogP contribution in [-0.2, 0) is 16.1 Å². The predicted octanol–water partition coefficient (Wildman–Crippen LogP) is 1.21. The van der Waals surface area contributed by atoms with Crippen LogP contribution in [0.5, 0.6) is 5.75 Å². The van der Waals surface area contributed by atoms with Gasteiger partial charge in [0, 0.05) is 19.6 Å². The lowest BCUT2D eigenvalue weighted by molar-refractivity contribution is -0.140. The Labute approximate surface area is 183 Å². The first-order valence-electron chi connectivity index (χ1n) is 10.8. The highest BCUT2D eigenvalue weighted by Gasteiger charge is 2.30. The van der Waals surface area contributed by atoms with Crippen LogP contribution in [0.3, 0.4) is 0 Å². The molecular weight excluding hydrogens is 396 g/mol. The van der Waals surface area contributed by atoms with Crippen LogP contribution in [-0.4, -0.2) is 66.9 Å². The van der Waals surface area contributed by atoms with Crippen molar-refractivity contribution in [2.75, 3.05) is 33.3 Å². The van der Waals surface area contributed by atoms with E-state index in [-0.39, 0.29) is 24.3 Å². The summed E-state index contributed by atoms with van der Waals surface area (Å²) < 4.78 is 5.15. The Kier molecular flexibility index (Phi) is 8.10. The van der Waals surface area contributed by atoms with Gasteiger partial charge in [-0.05, 0) is 49.8 Å². The monoisotopic (exact) mass is 426 g/mol. The zero-order valence-corrected chi connectivity index (χ0v) is 18.0. The molecule has 0 saturated carbocycles. The van der Waals surface area contributed by atoms with Crippen LogP contribution >= 0.6 is 0 Å². The van der Waals surface area contributed by atoms with Crippen molar-refractivity contribution in [3.63, 3.8) is 0 Å². The fourth-order valence-corrected chi connectivity index (χ4v) is 3.87. The molecule has 0 spiro atoms. The number of amides is 2. The van der Waals surface area contributed by atoms with Crippen LogP contribution < -0.4 is 15.4 Å². The summed E-state index contributed by atoms with van der Waals surface area (Å²) in [4.78, 5) is 33.5. The number of nitrogens with zero attached hydrogens (tertiary/aromatic N) is 4. The number of carbonyl (C=O) groups excluding carboxylic acids is 2. The van der Waals surface area contributed by atoms with Crippen LogP contribution in [0.2, 0.25) is 0 Å². The largest absolute Gasteiger partial charge is 0.497 e. The molecule has 1 aromatic rings. The second-order valence-corrected chi connectivity index (χ2v) is 7.79. The molecule has 2 aliphatic heterocycles. The van der Waals surface area contributed by atoms with Gasteiger partial charge in [0.1, 0.15) is 11.8 Å². The quantitative estimate of drug-likeness (QED) is 0.306. The molecular formula is C22H30N6O3. The van der Waals surface area contributed by atoms with Crippen molar-refractivity contribution in [2.24, 2.45) is 4.99 Å². The first-order chi connectivity index (χ1) is 15.1. The molecule has 2 heterocycles. The fourth-order valence-electron chi connectivity index (χ4n) is 3.87. The van der Waals surface area contributed by atoms with Crippen LogP contribution in [0.25, 0.3) is 0 Å². The lowest BCUT2D eigenvalue weighted by atomic mass is 10.1. The number of likely N-dealkylation sites (tertiary alicyclic amines) is 2. The van der Waals surface area contributed by atoms with Crippen molar-refractivity contribution in [2.45, 2.75) is 44.7 Å². The molecule has 2 saturated heterocycles. The number of nitriles is 1. The Bertz CT molecular complexity index is 827. The molecule has 0 bridgehead atoms. The summed E-state index contributed by atoms with van der Waals surface area (Å²) >= 11 is 0. The van der Waals surface area contributed by atoms with E-state index in [0.29, 0.717) is 19.5 Å². The molecule has 2 amide bonds. The molecule has 0 unspecified atom stereocenters. The van der Waals surface area contributed by atoms with Gasteiger partial charge in [0.05, 0.1) is 20.2 Å². The predicted molar refractivity (Wildman–Crippen MR) is 116 cm³/mol. The second kappa shape index (κ2) is 11.2. The summed E-state index contributed by atoms with van der Waals surface area (Å²) in [5.41, 5.74) is 0.949. The first kappa shape index (κ1) is 22.4. The van der Waals surface area contributed by atoms with E-state index in [4.69, 9.17) is 10.00 Å². The Morgan fingerprint density at radius 3 is 2.58 bits per heavy atom. The molecule has 0 radical (unpaired) electrons. The highest BCUT2D eigenvalue weighted by molar-refractivity contribution is 5.92. The Morgan fingerprint density at radius 1 is 1.19 bits per heavy atom. The van der Waals surface area contributed by atoms with Gasteiger partial charge in [-0.25, -0.2) is 4.99 Å². The normalized spacial score (nSPS) is 19.5. The average molecular weight is 427 g/mol. The first-order valence-corrected chi connectivity index (χ1v) is 10.8. The van der Waals surface area contributed by atoms with Gasteiger partial charge >= 0.3 is 0 Å². The summed E-state index contributed by atoms with van der Waals surface area (Å²) in [6, 6.07) is 6.97. The average Bonchev–Trinajstić information content (AvgIpc) is 3.28. The molecule has 9 nitrogen and oxygen atoms in total. The Morgan fingerprint density at radius 2 is 1.90 bits per heavy atom. The number of guanidine groups is 1. The molecule has 31 heavy (non-hydrogen) atoms. The number of hydrogen-bond acceptors (Lipinski definition) is 5. The minimum atomic E-state index is -0.524. The van der Waals surface area contributed by atoms with E-state index in [1.54, 1.807) is 12.0 Å². The zero-order valence-electron chi connectivity index (χ0n) is 18.0. The highest BCUT2D eigenvalue weighted by Crippen LogP contribution is 2.15. The van der Waals surface area contributed by atoms with Crippen molar-refractivity contribution in [3.8, 4) is 11.9 Å². The van der Waals surface area contributed by atoms with Gasteiger partial charge in [0.2, 0.25) is 17.8 Å². The summed E-state index contributed by atoms with van der Waals surface area (Å²) in [6.07, 6.45) is 6.26. The van der Waals surface area contributed by atoms with Crippen LogP contribution in [0.15, 0.2) is 29.3 Å². The molecule has 0 aromatic heterocycles. The molecule has 1 aromatic carbocycles. The maximum absolute atomic E-state index is 13.1. The van der Waals surface area contributed by atoms with Gasteiger partial charge in [0.15, 0.2) is 6.19 Å². The third kappa shape index (κ3) is 6.35. The lowest BCUT2D eigenvalue weighted by Gasteiger charge is -2.27. The lowest BCUT2D eigenvalue weighted by Crippen LogP contribution is -2.52. The molecule has 2 N–H and O–H groups in total. The molecule has 166 valence electrons. The molecule has 1 atom stereocenters. The Balaban J connectivity index is 1.63. The molecule has 2 fully saturated rings. The van der Waals surface area contributed by atoms with Crippen LogP contribution in [0.4, 0.5) is 0 Å². The van der Waals surface area contributed by atoms with E-state index in [9.17, 15) is 9.59 Å². The van der Waals surface area contributed by atoms with Crippen molar-refractivity contribution in [1.29, 1.82) is 5.26 Å². The maximum atomic E-state index is 13.1. The minimum absolute atomic E-state index is 0.00930. The van der Waals surface area contributed by atoms with E-state index in [1.807, 2.05) is 35.4 Å². The number of ether oxygens (including phenoxy) is 1. The minimum Gasteiger partial charge on any atom is -0.497 e. The number of methoxy groups -OCH3 is 1. The van der Waals surface area contributed by atoms with Crippen molar-refractivity contribution < 1.29 is 14.3 Å². The van der Waals surface area contributed by atoms with Crippen molar-refractivity contribution in [1.82, 2.24) is 20.4 Å². The summed E-state index contributed by atoms with van der Waals surface area (Å²) in [6.45, 7) is 2.58. The van der Waals surface area contributed by atoms with E-state index >= 15 is 0 Å².